The van der Waals surface area contributed by atoms with Crippen molar-refractivity contribution in [3.05, 3.63) is 231 Å². The molecule has 8 aromatic rings. The smallest absolute Gasteiger partial charge is 0.0660 e. The maximum absolute atomic E-state index is 3.05. The Morgan fingerprint density at radius 3 is 0.904 bits per heavy atom. The zero-order valence-electron chi connectivity index (χ0n) is 28.9. The summed E-state index contributed by atoms with van der Waals surface area (Å²) in [7, 11) is -8.02. The Kier molecular flexibility index (Phi) is 8.53. The summed E-state index contributed by atoms with van der Waals surface area (Å²) in [5.41, 5.74) is 0. The molecule has 0 atom stereocenters. The van der Waals surface area contributed by atoms with Crippen LogP contribution in [0.4, 0.5) is 0 Å². The third kappa shape index (κ3) is 4.98. The lowest BCUT2D eigenvalue weighted by molar-refractivity contribution is 1.67. The fourth-order valence-electron chi connectivity index (χ4n) is 9.18. The highest BCUT2D eigenvalue weighted by Gasteiger charge is 2.62. The minimum atomic E-state index is -3.05. The molecule has 1 aliphatic heterocycles. The van der Waals surface area contributed by atoms with E-state index in [2.05, 4.69) is 231 Å². The van der Waals surface area contributed by atoms with E-state index in [9.17, 15) is 0 Å². The van der Waals surface area contributed by atoms with E-state index in [0.29, 0.717) is 9.04 Å². The molecule has 8 aromatic carbocycles. The van der Waals surface area contributed by atoms with Gasteiger partial charge in [-0.15, -0.1) is 0 Å². The van der Waals surface area contributed by atoms with Gasteiger partial charge in [-0.3, -0.25) is 0 Å². The molecule has 0 aliphatic carbocycles. The van der Waals surface area contributed by atoms with E-state index in [-0.39, 0.29) is 0 Å². The van der Waals surface area contributed by atoms with E-state index in [4.69, 9.17) is 0 Å². The number of hydrogen-bond donors (Lipinski definition) is 0. The summed E-state index contributed by atoms with van der Waals surface area (Å²) in [6, 6.07) is 89.5. The van der Waals surface area contributed by atoms with Gasteiger partial charge < -0.3 is 0 Å². The maximum Gasteiger partial charge on any atom is 0.154 e. The van der Waals surface area contributed by atoms with Crippen LogP contribution < -0.4 is 51.9 Å². The SMILES string of the molecule is c1ccc([Si]2(c3ccccc3)[Si]c3cccc(c3)[Si](c3ccccc3)(c3ccccc3)[Si](c3ccccc3)(c3ccccc3)c3cccc2c3)cc1. The third-order valence-electron chi connectivity index (χ3n) is 11.2. The second kappa shape index (κ2) is 13.6. The summed E-state index contributed by atoms with van der Waals surface area (Å²) in [6.07, 6.45) is 0. The molecule has 0 aromatic heterocycles. The van der Waals surface area contributed by atoms with Crippen LogP contribution in [0.15, 0.2) is 231 Å². The average molecular weight is 727 g/mol. The predicted octanol–water partition coefficient (Wildman–Crippen LogP) is 3.72. The monoisotopic (exact) mass is 726 g/mol. The van der Waals surface area contributed by atoms with Crippen molar-refractivity contribution in [3.8, 4) is 0 Å². The first kappa shape index (κ1) is 32.5. The van der Waals surface area contributed by atoms with Crippen molar-refractivity contribution < 1.29 is 0 Å². The molecule has 4 bridgehead atoms. The quantitative estimate of drug-likeness (QED) is 0.230. The van der Waals surface area contributed by atoms with E-state index in [1.165, 1.54) is 51.9 Å². The molecule has 0 spiro atoms. The molecule has 52 heavy (non-hydrogen) atoms. The first-order chi connectivity index (χ1) is 25.8. The minimum Gasteiger partial charge on any atom is -0.0660 e. The van der Waals surface area contributed by atoms with E-state index >= 15 is 0 Å². The van der Waals surface area contributed by atoms with Crippen molar-refractivity contribution in [2.24, 2.45) is 0 Å². The lowest BCUT2D eigenvalue weighted by atomic mass is 10.3. The molecular weight excluding hydrogens is 689 g/mol. The van der Waals surface area contributed by atoms with Crippen LogP contribution in [0.2, 0.25) is 0 Å². The van der Waals surface area contributed by atoms with Crippen LogP contribution >= 0.6 is 0 Å². The Bertz CT molecular complexity index is 2300. The molecule has 9 rings (SSSR count). The fraction of sp³-hybridized carbons (Fsp3) is 0. The van der Waals surface area contributed by atoms with Gasteiger partial charge in [0.15, 0.2) is 15.2 Å². The normalized spacial score (nSPS) is 15.3. The van der Waals surface area contributed by atoms with Gasteiger partial charge in [0.05, 0.1) is 9.04 Å². The van der Waals surface area contributed by atoms with Crippen molar-refractivity contribution in [2.75, 3.05) is 0 Å². The summed E-state index contributed by atoms with van der Waals surface area (Å²) in [5.74, 6) is 0. The molecule has 246 valence electrons. The highest BCUT2D eigenvalue weighted by molar-refractivity contribution is 7.67. The largest absolute Gasteiger partial charge is 0.154 e. The first-order valence-corrected chi connectivity index (χ1v) is 27.1. The summed E-state index contributed by atoms with van der Waals surface area (Å²) < 4.78 is 0. The molecule has 0 amide bonds. The lowest BCUT2D eigenvalue weighted by Gasteiger charge is -2.51. The molecule has 0 unspecified atom stereocenters. The van der Waals surface area contributed by atoms with Crippen LogP contribution in [0, 0.1) is 0 Å². The fourth-order valence-corrected chi connectivity index (χ4v) is 37.9. The number of hydrogen-bond acceptors (Lipinski definition) is 0. The van der Waals surface area contributed by atoms with Crippen LogP contribution in [0.3, 0.4) is 0 Å². The van der Waals surface area contributed by atoms with Crippen LogP contribution in [-0.4, -0.2) is 31.8 Å². The highest BCUT2D eigenvalue weighted by atomic mass is 29.3. The minimum absolute atomic E-state index is 0.608. The Hall–Kier alpha value is -5.37. The van der Waals surface area contributed by atoms with Crippen LogP contribution in [0.25, 0.3) is 0 Å². The van der Waals surface area contributed by atoms with Gasteiger partial charge in [-0.05, 0) is 0 Å². The molecule has 1 heterocycles. The van der Waals surface area contributed by atoms with E-state index in [0.717, 1.165) is 0 Å². The molecule has 0 N–H and O–H groups in total. The zero-order chi connectivity index (χ0) is 34.9. The molecule has 0 saturated heterocycles. The lowest BCUT2D eigenvalue weighted by Crippen LogP contribution is -2.94. The molecule has 0 nitrogen and oxygen atoms in total. The summed E-state index contributed by atoms with van der Waals surface area (Å²) >= 11 is 0. The number of fused-ring (bicyclic) bond motifs is 4. The van der Waals surface area contributed by atoms with E-state index < -0.39 is 22.8 Å². The molecule has 0 saturated carbocycles. The van der Waals surface area contributed by atoms with Crippen molar-refractivity contribution in [2.45, 2.75) is 0 Å². The van der Waals surface area contributed by atoms with Crippen LogP contribution in [-0.2, 0) is 0 Å². The summed E-state index contributed by atoms with van der Waals surface area (Å²) in [4.78, 5) is 0. The number of benzene rings is 8. The van der Waals surface area contributed by atoms with E-state index in [1.54, 1.807) is 0 Å². The van der Waals surface area contributed by atoms with Crippen molar-refractivity contribution in [1.82, 2.24) is 0 Å². The van der Waals surface area contributed by atoms with Gasteiger partial charge in [0, 0.05) is 0 Å². The topological polar surface area (TPSA) is 0 Å². The highest BCUT2D eigenvalue weighted by Crippen LogP contribution is 2.24. The van der Waals surface area contributed by atoms with Crippen molar-refractivity contribution in [1.29, 1.82) is 0 Å². The summed E-state index contributed by atoms with van der Waals surface area (Å²) in [6.45, 7) is 0. The zero-order valence-corrected chi connectivity index (χ0v) is 32.9. The number of rotatable bonds is 6. The molecular formula is C48H38Si4. The second-order valence-electron chi connectivity index (χ2n) is 13.7. The van der Waals surface area contributed by atoms with Gasteiger partial charge in [-0.25, -0.2) is 0 Å². The second-order valence-corrected chi connectivity index (χ2v) is 31.8. The van der Waals surface area contributed by atoms with Gasteiger partial charge in [0.25, 0.3) is 0 Å². The molecule has 2 radical (unpaired) electrons. The third-order valence-corrected chi connectivity index (χ3v) is 37.1. The molecule has 0 fully saturated rings. The Morgan fingerprint density at radius 2 is 0.519 bits per heavy atom. The van der Waals surface area contributed by atoms with Gasteiger partial charge in [-0.2, -0.15) is 0 Å². The van der Waals surface area contributed by atoms with Gasteiger partial charge in [0.2, 0.25) is 0 Å². The van der Waals surface area contributed by atoms with Crippen LogP contribution in [0.5, 0.6) is 0 Å². The average Bonchev–Trinajstić information content (AvgIpc) is 3.24. The maximum atomic E-state index is 2.71. The van der Waals surface area contributed by atoms with Crippen LogP contribution in [0.1, 0.15) is 0 Å². The summed E-state index contributed by atoms with van der Waals surface area (Å²) in [5, 5.41) is 14.7. The molecule has 1 aliphatic rings. The molecule has 4 heteroatoms. The standard InChI is InChI=1S/C48H38Si4/c1-7-22-40(23-8-1)50(41-24-9-2-10-25-41)46-34-20-36-48(38-46)52(44-30-15-5-16-31-44,45-32-17-6-18-33-45)51(42-26-11-3-12-27-42,43-28-13-4-14-29-43)47-35-19-21-39(37-47)49-50/h1-38H. The van der Waals surface area contributed by atoms with Gasteiger partial charge in [0.1, 0.15) is 7.59 Å². The van der Waals surface area contributed by atoms with Gasteiger partial charge >= 0.3 is 0 Å². The van der Waals surface area contributed by atoms with Crippen molar-refractivity contribution in [3.63, 3.8) is 0 Å². The Balaban J connectivity index is 1.55. The van der Waals surface area contributed by atoms with E-state index in [1.807, 2.05) is 0 Å². The first-order valence-electron chi connectivity index (χ1n) is 18.1. The van der Waals surface area contributed by atoms with Gasteiger partial charge in [-0.1, -0.05) is 282 Å². The predicted molar refractivity (Wildman–Crippen MR) is 231 cm³/mol. The Labute approximate surface area is 312 Å². The Morgan fingerprint density at radius 1 is 0.231 bits per heavy atom. The van der Waals surface area contributed by atoms with Crippen molar-refractivity contribution >= 4 is 83.7 Å².